The van der Waals surface area contributed by atoms with Crippen molar-refractivity contribution in [1.82, 2.24) is 5.16 Å². The molecule has 0 amide bonds. The lowest BCUT2D eigenvalue weighted by molar-refractivity contribution is 0.436. The molecule has 15 heavy (non-hydrogen) atoms. The van der Waals surface area contributed by atoms with Gasteiger partial charge in [0, 0.05) is 10.5 Å². The first-order chi connectivity index (χ1) is 7.24. The Bertz CT molecular complexity index is 482. The SMILES string of the molecule is CSc1cccc(O)c1-c1cnoc1N. The van der Waals surface area contributed by atoms with Crippen LogP contribution >= 0.6 is 11.8 Å². The second kappa shape index (κ2) is 3.86. The van der Waals surface area contributed by atoms with Crippen LogP contribution in [0.4, 0.5) is 5.88 Å². The second-order valence-corrected chi connectivity index (χ2v) is 3.81. The molecule has 0 radical (unpaired) electrons. The van der Waals surface area contributed by atoms with E-state index in [0.717, 1.165) is 4.90 Å². The molecule has 0 aliphatic carbocycles. The maximum Gasteiger partial charge on any atom is 0.230 e. The Hall–Kier alpha value is -1.62. The Morgan fingerprint density at radius 3 is 2.87 bits per heavy atom. The molecule has 4 nitrogen and oxygen atoms in total. The molecule has 0 saturated heterocycles. The molecule has 1 heterocycles. The number of anilines is 1. The Kier molecular flexibility index (Phi) is 2.55. The van der Waals surface area contributed by atoms with E-state index in [4.69, 9.17) is 10.3 Å². The van der Waals surface area contributed by atoms with Crippen LogP contribution in [0.25, 0.3) is 11.1 Å². The number of nitrogens with zero attached hydrogens (tertiary/aromatic N) is 1. The number of rotatable bonds is 2. The van der Waals surface area contributed by atoms with Gasteiger partial charge < -0.3 is 15.4 Å². The van der Waals surface area contributed by atoms with Gasteiger partial charge in [-0.3, -0.25) is 0 Å². The van der Waals surface area contributed by atoms with E-state index in [1.165, 1.54) is 18.0 Å². The van der Waals surface area contributed by atoms with Gasteiger partial charge in [0.15, 0.2) is 0 Å². The van der Waals surface area contributed by atoms with Crippen LogP contribution in [-0.2, 0) is 0 Å². The van der Waals surface area contributed by atoms with Crippen molar-refractivity contribution in [2.75, 3.05) is 12.0 Å². The molecule has 2 aromatic rings. The van der Waals surface area contributed by atoms with Gasteiger partial charge >= 0.3 is 0 Å². The molecule has 0 bridgehead atoms. The number of phenols is 1. The van der Waals surface area contributed by atoms with Crippen molar-refractivity contribution in [3.63, 3.8) is 0 Å². The normalized spacial score (nSPS) is 10.5. The molecule has 0 unspecified atom stereocenters. The van der Waals surface area contributed by atoms with Gasteiger partial charge in [0.25, 0.3) is 0 Å². The molecule has 0 spiro atoms. The van der Waals surface area contributed by atoms with E-state index in [0.29, 0.717) is 11.1 Å². The van der Waals surface area contributed by atoms with Crippen molar-refractivity contribution in [2.24, 2.45) is 0 Å². The maximum absolute atomic E-state index is 9.78. The number of aromatic nitrogens is 1. The highest BCUT2D eigenvalue weighted by molar-refractivity contribution is 7.98. The molecular formula is C10H10N2O2S. The predicted octanol–water partition coefficient (Wildman–Crippen LogP) is 2.35. The first-order valence-corrected chi connectivity index (χ1v) is 5.53. The molecule has 3 N–H and O–H groups in total. The van der Waals surface area contributed by atoms with E-state index in [1.807, 2.05) is 12.3 Å². The maximum atomic E-state index is 9.78. The number of hydrogen-bond donors (Lipinski definition) is 2. The smallest absolute Gasteiger partial charge is 0.230 e. The Morgan fingerprint density at radius 1 is 1.47 bits per heavy atom. The number of thioether (sulfide) groups is 1. The van der Waals surface area contributed by atoms with Gasteiger partial charge in [-0.1, -0.05) is 11.2 Å². The quantitative estimate of drug-likeness (QED) is 0.763. The summed E-state index contributed by atoms with van der Waals surface area (Å²) in [6.45, 7) is 0. The minimum absolute atomic E-state index is 0.178. The standard InChI is InChI=1S/C10H10N2O2S/c1-15-8-4-2-3-7(13)9(8)6-5-12-14-10(6)11/h2-5,13H,11H2,1H3. The summed E-state index contributed by atoms with van der Waals surface area (Å²) in [6.07, 6.45) is 3.44. The van der Waals surface area contributed by atoms with E-state index in [1.54, 1.807) is 12.1 Å². The van der Waals surface area contributed by atoms with Gasteiger partial charge in [-0.25, -0.2) is 0 Å². The largest absolute Gasteiger partial charge is 0.507 e. The second-order valence-electron chi connectivity index (χ2n) is 2.96. The molecule has 0 fully saturated rings. The van der Waals surface area contributed by atoms with Gasteiger partial charge in [0.1, 0.15) is 5.75 Å². The third-order valence-electron chi connectivity index (χ3n) is 2.09. The topological polar surface area (TPSA) is 72.3 Å². The first-order valence-electron chi connectivity index (χ1n) is 4.30. The minimum Gasteiger partial charge on any atom is -0.507 e. The molecule has 0 aliphatic rings. The fraction of sp³-hybridized carbons (Fsp3) is 0.100. The molecule has 5 heteroatoms. The van der Waals surface area contributed by atoms with Crippen LogP contribution in [-0.4, -0.2) is 16.5 Å². The van der Waals surface area contributed by atoms with Crippen LogP contribution in [0.3, 0.4) is 0 Å². The van der Waals surface area contributed by atoms with Gasteiger partial charge in [-0.15, -0.1) is 11.8 Å². The van der Waals surface area contributed by atoms with Crippen LogP contribution in [0.2, 0.25) is 0 Å². The van der Waals surface area contributed by atoms with Gasteiger partial charge in [0.05, 0.1) is 11.8 Å². The fourth-order valence-electron chi connectivity index (χ4n) is 1.40. The highest BCUT2D eigenvalue weighted by atomic mass is 32.2. The number of nitrogen functional groups attached to an aromatic ring is 1. The Balaban J connectivity index is 2.66. The molecule has 0 aliphatic heterocycles. The van der Waals surface area contributed by atoms with Crippen molar-refractivity contribution >= 4 is 17.6 Å². The van der Waals surface area contributed by atoms with E-state index in [9.17, 15) is 5.11 Å². The average molecular weight is 222 g/mol. The first kappa shape index (κ1) is 9.92. The van der Waals surface area contributed by atoms with E-state index in [-0.39, 0.29) is 11.6 Å². The van der Waals surface area contributed by atoms with Crippen molar-refractivity contribution in [3.8, 4) is 16.9 Å². The predicted molar refractivity (Wildman–Crippen MR) is 59.8 cm³/mol. The highest BCUT2D eigenvalue weighted by Gasteiger charge is 2.15. The summed E-state index contributed by atoms with van der Waals surface area (Å²) in [6, 6.07) is 5.31. The number of aromatic hydroxyl groups is 1. The Labute approximate surface area is 91.1 Å². The third-order valence-corrected chi connectivity index (χ3v) is 2.87. The van der Waals surface area contributed by atoms with Crippen LogP contribution in [0.15, 0.2) is 33.8 Å². The summed E-state index contributed by atoms with van der Waals surface area (Å²) in [4.78, 5) is 0.935. The van der Waals surface area contributed by atoms with Gasteiger partial charge in [-0.2, -0.15) is 0 Å². The van der Waals surface area contributed by atoms with Gasteiger partial charge in [0.2, 0.25) is 5.88 Å². The zero-order valence-electron chi connectivity index (χ0n) is 8.10. The number of hydrogen-bond acceptors (Lipinski definition) is 5. The number of benzene rings is 1. The zero-order chi connectivity index (χ0) is 10.8. The van der Waals surface area contributed by atoms with E-state index < -0.39 is 0 Å². The van der Waals surface area contributed by atoms with Crippen LogP contribution < -0.4 is 5.73 Å². The van der Waals surface area contributed by atoms with Crippen molar-refractivity contribution in [3.05, 3.63) is 24.4 Å². The van der Waals surface area contributed by atoms with Crippen molar-refractivity contribution in [1.29, 1.82) is 0 Å². The van der Waals surface area contributed by atoms with E-state index in [2.05, 4.69) is 5.16 Å². The van der Waals surface area contributed by atoms with Crippen LogP contribution in [0, 0.1) is 0 Å². The van der Waals surface area contributed by atoms with Gasteiger partial charge in [-0.05, 0) is 18.4 Å². The summed E-state index contributed by atoms with van der Waals surface area (Å²) in [5, 5.41) is 13.4. The lowest BCUT2D eigenvalue weighted by Crippen LogP contribution is -1.87. The van der Waals surface area contributed by atoms with Crippen LogP contribution in [0.5, 0.6) is 5.75 Å². The number of nitrogens with two attached hydrogens (primary N) is 1. The summed E-state index contributed by atoms with van der Waals surface area (Å²) < 4.78 is 4.78. The summed E-state index contributed by atoms with van der Waals surface area (Å²) >= 11 is 1.53. The zero-order valence-corrected chi connectivity index (χ0v) is 8.91. The number of phenolic OH excluding ortho intramolecular Hbond substituents is 1. The third kappa shape index (κ3) is 1.66. The van der Waals surface area contributed by atoms with E-state index >= 15 is 0 Å². The lowest BCUT2D eigenvalue weighted by Gasteiger charge is -2.07. The highest BCUT2D eigenvalue weighted by Crippen LogP contribution is 2.39. The summed E-state index contributed by atoms with van der Waals surface area (Å²) in [7, 11) is 0. The summed E-state index contributed by atoms with van der Waals surface area (Å²) in [5.74, 6) is 0.392. The fourth-order valence-corrected chi connectivity index (χ4v) is 2.03. The molecule has 2 rings (SSSR count). The molecule has 0 atom stereocenters. The van der Waals surface area contributed by atoms with Crippen molar-refractivity contribution in [2.45, 2.75) is 4.90 Å². The monoisotopic (exact) mass is 222 g/mol. The molecule has 1 aromatic carbocycles. The minimum atomic E-state index is 0.178. The molecule has 1 aromatic heterocycles. The summed E-state index contributed by atoms with van der Waals surface area (Å²) in [5.41, 5.74) is 6.91. The molecule has 78 valence electrons. The Morgan fingerprint density at radius 2 is 2.27 bits per heavy atom. The van der Waals surface area contributed by atoms with Crippen molar-refractivity contribution < 1.29 is 9.63 Å². The molecular weight excluding hydrogens is 212 g/mol. The van der Waals surface area contributed by atoms with Crippen LogP contribution in [0.1, 0.15) is 0 Å². The lowest BCUT2D eigenvalue weighted by atomic mass is 10.1. The molecule has 0 saturated carbocycles. The average Bonchev–Trinajstić information content (AvgIpc) is 2.64.